The van der Waals surface area contributed by atoms with Crippen LogP contribution in [0.25, 0.3) is 10.9 Å². The van der Waals surface area contributed by atoms with Gasteiger partial charge in [0.2, 0.25) is 0 Å². The van der Waals surface area contributed by atoms with Crippen LogP contribution in [0, 0.1) is 0 Å². The van der Waals surface area contributed by atoms with E-state index in [2.05, 4.69) is 4.98 Å². The van der Waals surface area contributed by atoms with Crippen LogP contribution in [0.3, 0.4) is 0 Å². The van der Waals surface area contributed by atoms with Crippen molar-refractivity contribution in [2.24, 2.45) is 5.73 Å². The minimum Gasteiger partial charge on any atom is -0.326 e. The number of alkyl halides is 3. The number of fused-ring (bicyclic) bond motifs is 1. The third-order valence-electron chi connectivity index (χ3n) is 2.64. The van der Waals surface area contributed by atoms with Gasteiger partial charge in [0.15, 0.2) is 0 Å². The summed E-state index contributed by atoms with van der Waals surface area (Å²) in [4.78, 5) is 16.0. The lowest BCUT2D eigenvalue weighted by Crippen LogP contribution is -2.30. The van der Waals surface area contributed by atoms with E-state index in [9.17, 15) is 18.0 Å². The van der Waals surface area contributed by atoms with Gasteiger partial charge in [-0.25, -0.2) is 4.98 Å². The Morgan fingerprint density at radius 2 is 2.11 bits per heavy atom. The van der Waals surface area contributed by atoms with Gasteiger partial charge in [0.25, 0.3) is 5.56 Å². The van der Waals surface area contributed by atoms with Gasteiger partial charge in [-0.3, -0.25) is 9.36 Å². The van der Waals surface area contributed by atoms with Crippen molar-refractivity contribution >= 4 is 10.9 Å². The van der Waals surface area contributed by atoms with Gasteiger partial charge < -0.3 is 5.73 Å². The molecular weight excluding hydrogens is 259 g/mol. The zero-order valence-corrected chi connectivity index (χ0v) is 10.1. The quantitative estimate of drug-likeness (QED) is 0.905. The molecule has 0 spiro atoms. The summed E-state index contributed by atoms with van der Waals surface area (Å²) in [6.07, 6.45) is -3.19. The summed E-state index contributed by atoms with van der Waals surface area (Å²) in [7, 11) is 0. The number of hydrogen-bond acceptors (Lipinski definition) is 3. The molecule has 2 aromatic rings. The molecule has 4 nitrogen and oxygen atoms in total. The molecule has 0 aliphatic heterocycles. The first-order chi connectivity index (χ1) is 8.79. The normalized spacial score (nSPS) is 13.7. The number of nitrogens with two attached hydrogens (primary N) is 1. The Morgan fingerprint density at radius 3 is 2.68 bits per heavy atom. The third kappa shape index (κ3) is 2.76. The highest BCUT2D eigenvalue weighted by atomic mass is 19.4. The summed E-state index contributed by atoms with van der Waals surface area (Å²) < 4.78 is 39.0. The fourth-order valence-corrected chi connectivity index (χ4v) is 1.78. The molecule has 0 bridgehead atoms. The highest BCUT2D eigenvalue weighted by Gasteiger charge is 2.30. The Hall–Kier alpha value is -1.89. The molecule has 19 heavy (non-hydrogen) atoms. The maximum absolute atomic E-state index is 12.6. The molecule has 1 atom stereocenters. The minimum absolute atomic E-state index is 0.0574. The third-order valence-corrected chi connectivity index (χ3v) is 2.64. The molecule has 1 unspecified atom stereocenters. The van der Waals surface area contributed by atoms with Crippen molar-refractivity contribution in [2.75, 3.05) is 0 Å². The van der Waals surface area contributed by atoms with Gasteiger partial charge in [-0.15, -0.1) is 0 Å². The molecule has 0 amide bonds. The van der Waals surface area contributed by atoms with Crippen LogP contribution >= 0.6 is 0 Å². The van der Waals surface area contributed by atoms with Gasteiger partial charge in [-0.2, -0.15) is 13.2 Å². The second-order valence-corrected chi connectivity index (χ2v) is 4.41. The molecular formula is C12H12F3N3O. The molecule has 102 valence electrons. The van der Waals surface area contributed by atoms with E-state index < -0.39 is 17.3 Å². The SMILES string of the molecule is CC(N)Cn1cnc2ccc(C(F)(F)F)cc2c1=O. The van der Waals surface area contributed by atoms with Crippen molar-refractivity contribution < 1.29 is 13.2 Å². The topological polar surface area (TPSA) is 60.9 Å². The van der Waals surface area contributed by atoms with Crippen molar-refractivity contribution in [3.63, 3.8) is 0 Å². The number of halogens is 3. The summed E-state index contributed by atoms with van der Waals surface area (Å²) in [5.74, 6) is 0. The van der Waals surface area contributed by atoms with Gasteiger partial charge in [-0.1, -0.05) is 0 Å². The van der Waals surface area contributed by atoms with E-state index in [1.54, 1.807) is 6.92 Å². The van der Waals surface area contributed by atoms with E-state index in [1.165, 1.54) is 17.0 Å². The molecule has 0 saturated heterocycles. The van der Waals surface area contributed by atoms with E-state index >= 15 is 0 Å². The molecule has 0 aliphatic carbocycles. The fourth-order valence-electron chi connectivity index (χ4n) is 1.78. The Balaban J connectivity index is 2.63. The first-order valence-electron chi connectivity index (χ1n) is 5.61. The zero-order chi connectivity index (χ0) is 14.2. The molecule has 0 fully saturated rings. The predicted octanol–water partition coefficient (Wildman–Crippen LogP) is 1.76. The van der Waals surface area contributed by atoms with Crippen molar-refractivity contribution in [1.82, 2.24) is 9.55 Å². The summed E-state index contributed by atoms with van der Waals surface area (Å²) in [6, 6.07) is 2.63. The van der Waals surface area contributed by atoms with Crippen molar-refractivity contribution in [3.8, 4) is 0 Å². The summed E-state index contributed by atoms with van der Waals surface area (Å²) in [5, 5.41) is -0.0574. The Bertz CT molecular complexity index is 661. The first kappa shape index (κ1) is 13.5. The molecule has 2 rings (SSSR count). The summed E-state index contributed by atoms with van der Waals surface area (Å²) in [5.41, 5.74) is 4.42. The first-order valence-corrected chi connectivity index (χ1v) is 5.61. The molecule has 2 N–H and O–H groups in total. The zero-order valence-electron chi connectivity index (χ0n) is 10.1. The van der Waals surface area contributed by atoms with Gasteiger partial charge in [0.1, 0.15) is 0 Å². The van der Waals surface area contributed by atoms with Crippen LogP contribution < -0.4 is 11.3 Å². The number of aromatic nitrogens is 2. The molecule has 0 radical (unpaired) electrons. The lowest BCUT2D eigenvalue weighted by Gasteiger charge is -2.10. The van der Waals surface area contributed by atoms with Gasteiger partial charge in [-0.05, 0) is 25.1 Å². The van der Waals surface area contributed by atoms with Crippen LogP contribution in [0.1, 0.15) is 12.5 Å². The van der Waals surface area contributed by atoms with Crippen LogP contribution in [0.2, 0.25) is 0 Å². The Labute approximate surface area is 106 Å². The molecule has 1 aromatic carbocycles. The van der Waals surface area contributed by atoms with Crippen LogP contribution in [0.4, 0.5) is 13.2 Å². The minimum atomic E-state index is -4.48. The fraction of sp³-hybridized carbons (Fsp3) is 0.333. The Morgan fingerprint density at radius 1 is 1.42 bits per heavy atom. The summed E-state index contributed by atoms with van der Waals surface area (Å²) >= 11 is 0. The number of nitrogens with zero attached hydrogens (tertiary/aromatic N) is 2. The highest BCUT2D eigenvalue weighted by molar-refractivity contribution is 5.78. The van der Waals surface area contributed by atoms with Crippen molar-refractivity contribution in [2.45, 2.75) is 25.7 Å². The second kappa shape index (κ2) is 4.65. The molecule has 0 saturated carbocycles. The van der Waals surface area contributed by atoms with Gasteiger partial charge in [0, 0.05) is 12.6 Å². The maximum Gasteiger partial charge on any atom is 0.416 e. The lowest BCUT2D eigenvalue weighted by atomic mass is 10.1. The van der Waals surface area contributed by atoms with E-state index in [0.29, 0.717) is 0 Å². The van der Waals surface area contributed by atoms with E-state index in [4.69, 9.17) is 5.73 Å². The van der Waals surface area contributed by atoms with Crippen LogP contribution in [0.5, 0.6) is 0 Å². The maximum atomic E-state index is 12.6. The van der Waals surface area contributed by atoms with E-state index in [1.807, 2.05) is 0 Å². The van der Waals surface area contributed by atoms with Crippen molar-refractivity contribution in [1.29, 1.82) is 0 Å². The average Bonchev–Trinajstić information content (AvgIpc) is 2.31. The number of rotatable bonds is 2. The number of hydrogen-bond donors (Lipinski definition) is 1. The highest BCUT2D eigenvalue weighted by Crippen LogP contribution is 2.30. The Kier molecular flexibility index (Phi) is 3.32. The monoisotopic (exact) mass is 271 g/mol. The average molecular weight is 271 g/mol. The van der Waals surface area contributed by atoms with Crippen LogP contribution in [-0.4, -0.2) is 15.6 Å². The van der Waals surface area contributed by atoms with Gasteiger partial charge >= 0.3 is 6.18 Å². The van der Waals surface area contributed by atoms with E-state index in [-0.39, 0.29) is 23.5 Å². The van der Waals surface area contributed by atoms with Crippen LogP contribution in [0.15, 0.2) is 29.3 Å². The molecule has 7 heteroatoms. The largest absolute Gasteiger partial charge is 0.416 e. The van der Waals surface area contributed by atoms with Gasteiger partial charge in [0.05, 0.1) is 22.8 Å². The van der Waals surface area contributed by atoms with Crippen molar-refractivity contribution in [3.05, 3.63) is 40.4 Å². The smallest absolute Gasteiger partial charge is 0.326 e. The molecule has 0 aliphatic rings. The molecule has 1 heterocycles. The predicted molar refractivity (Wildman–Crippen MR) is 64.7 cm³/mol. The second-order valence-electron chi connectivity index (χ2n) is 4.41. The standard InChI is InChI=1S/C12H12F3N3O/c1-7(16)5-18-6-17-10-3-2-8(12(13,14)15)4-9(10)11(18)19/h2-4,6-7H,5,16H2,1H3. The van der Waals surface area contributed by atoms with Crippen LogP contribution in [-0.2, 0) is 12.7 Å². The molecule has 1 aromatic heterocycles. The number of benzene rings is 1. The lowest BCUT2D eigenvalue weighted by molar-refractivity contribution is -0.137. The summed E-state index contributed by atoms with van der Waals surface area (Å²) in [6.45, 7) is 1.90. The van der Waals surface area contributed by atoms with E-state index in [0.717, 1.165) is 12.1 Å².